The highest BCUT2D eigenvalue weighted by Gasteiger charge is 1.78. The summed E-state index contributed by atoms with van der Waals surface area (Å²) in [6.45, 7) is 4.59. The molecule has 0 amide bonds. The predicted molar refractivity (Wildman–Crippen MR) is 63.7 cm³/mol. The molecule has 0 aromatic rings. The summed E-state index contributed by atoms with van der Waals surface area (Å²) in [5.74, 6) is 0.338. The van der Waals surface area contributed by atoms with Gasteiger partial charge < -0.3 is 10.9 Å². The Morgan fingerprint density at radius 3 is 1.17 bits per heavy atom. The molecule has 3 nitrogen and oxygen atoms in total. The van der Waals surface area contributed by atoms with Crippen LogP contribution in [0.5, 0.6) is 0 Å². The van der Waals surface area contributed by atoms with Crippen molar-refractivity contribution < 1.29 is 9.59 Å². The van der Waals surface area contributed by atoms with Crippen LogP contribution in [-0.4, -0.2) is 16.9 Å². The number of hydrogen-bond donors (Lipinski definition) is 1. The minimum Gasteiger partial charge on any atom is -0.344 e. The summed E-state index contributed by atoms with van der Waals surface area (Å²) in [5.41, 5.74) is 0. The van der Waals surface area contributed by atoms with Gasteiger partial charge in [0.2, 0.25) is 0 Å². The van der Waals surface area contributed by atoms with E-state index >= 15 is 0 Å². The van der Waals surface area contributed by atoms with E-state index < -0.39 is 0 Å². The highest BCUT2D eigenvalue weighted by Crippen LogP contribution is 1.85. The van der Waals surface area contributed by atoms with Crippen molar-refractivity contribution in [2.24, 2.45) is 0 Å². The van der Waals surface area contributed by atoms with Gasteiger partial charge in [-0.1, -0.05) is 15.9 Å². The maximum Gasteiger partial charge on any atom is 0.140 e. The number of Topliss-reactive ketones (excluding diaryl/α,β-unsaturated/α-hetero) is 2. The third-order valence-electron chi connectivity index (χ3n) is 0.188. The van der Waals surface area contributed by atoms with Gasteiger partial charge in [-0.2, -0.15) is 0 Å². The zero-order chi connectivity index (χ0) is 9.86. The van der Waals surface area contributed by atoms with Gasteiger partial charge in [0.1, 0.15) is 11.6 Å². The second kappa shape index (κ2) is 22.6. The predicted octanol–water partition coefficient (Wildman–Crippen LogP) is 3.42. The Bertz CT molecular complexity index is 105. The lowest BCUT2D eigenvalue weighted by molar-refractivity contribution is -0.115. The number of ketones is 2. The van der Waals surface area contributed by atoms with Crippen molar-refractivity contribution in [1.82, 2.24) is 6.15 Å². The van der Waals surface area contributed by atoms with E-state index in [0.717, 1.165) is 0 Å². The molecule has 0 fully saturated rings. The molecule has 76 valence electrons. The van der Waals surface area contributed by atoms with Crippen molar-refractivity contribution >= 4 is 55.8 Å². The molecule has 6 heteroatoms. The molecule has 0 rings (SSSR count). The maximum absolute atomic E-state index is 9.77. The molecule has 0 aliphatic rings. The van der Waals surface area contributed by atoms with Crippen molar-refractivity contribution in [3.05, 3.63) is 0 Å². The molecule has 0 heterocycles. The average Bonchev–Trinajstić information content (AvgIpc) is 1.91. The second-order valence-corrected chi connectivity index (χ2v) is 2.30. The highest BCUT2D eigenvalue weighted by molar-refractivity contribution is 9.93. The number of alkyl halides is 1. The van der Waals surface area contributed by atoms with Crippen LogP contribution < -0.4 is 6.15 Å². The van der Waals surface area contributed by atoms with Crippen LogP contribution in [0.4, 0.5) is 0 Å². The molecule has 12 heavy (non-hydrogen) atoms. The van der Waals surface area contributed by atoms with Gasteiger partial charge in [0, 0.05) is 28.3 Å². The van der Waals surface area contributed by atoms with Crippen molar-refractivity contribution in [2.45, 2.75) is 20.8 Å². The van der Waals surface area contributed by atoms with E-state index in [1.807, 2.05) is 0 Å². The standard InChI is InChI=1S/C3H5BrO.C3H6O.Br2.H3N/c1-3(5)2-4;1-3(2)4;1-2;/h2H2,1H3;1-2H3;;1H3. The van der Waals surface area contributed by atoms with Crippen molar-refractivity contribution in [2.75, 3.05) is 5.33 Å². The molecule has 0 saturated carbocycles. The molecule has 3 N–H and O–H groups in total. The van der Waals surface area contributed by atoms with E-state index in [-0.39, 0.29) is 17.7 Å². The first kappa shape index (κ1) is 23.0. The van der Waals surface area contributed by atoms with Gasteiger partial charge >= 0.3 is 0 Å². The number of halogens is 3. The van der Waals surface area contributed by atoms with Gasteiger partial charge in [0.15, 0.2) is 0 Å². The molecule has 0 unspecified atom stereocenters. The Hall–Kier alpha value is 0.740. The summed E-state index contributed by atoms with van der Waals surface area (Å²) >= 11 is 8.46. The van der Waals surface area contributed by atoms with Gasteiger partial charge in [-0.05, 0) is 20.8 Å². The monoisotopic (exact) mass is 369 g/mol. The van der Waals surface area contributed by atoms with Gasteiger partial charge in [-0.3, -0.25) is 4.79 Å². The Kier molecular flexibility index (Phi) is 43.3. The normalized spacial score (nSPS) is 5.83. The van der Waals surface area contributed by atoms with Crippen LogP contribution in [0.15, 0.2) is 0 Å². The number of carbonyl (C=O) groups is 2. The summed E-state index contributed by atoms with van der Waals surface area (Å²) in [6.07, 6.45) is 0. The fourth-order valence-corrected chi connectivity index (χ4v) is 0. The first-order valence-corrected chi connectivity index (χ1v) is 7.51. The van der Waals surface area contributed by atoms with Crippen LogP contribution in [-0.2, 0) is 9.59 Å². The van der Waals surface area contributed by atoms with E-state index in [1.54, 1.807) is 0 Å². The fourth-order valence-electron chi connectivity index (χ4n) is 0. The molecule has 0 bridgehead atoms. The zero-order valence-corrected chi connectivity index (χ0v) is 12.1. The van der Waals surface area contributed by atoms with Crippen molar-refractivity contribution in [3.8, 4) is 0 Å². The molecule has 0 saturated heterocycles. The van der Waals surface area contributed by atoms with Crippen molar-refractivity contribution in [1.29, 1.82) is 0 Å². The Balaban J connectivity index is -0.0000000419. The van der Waals surface area contributed by atoms with Crippen LogP contribution in [0.2, 0.25) is 0 Å². The summed E-state index contributed by atoms with van der Waals surface area (Å²) in [6, 6.07) is 0. The number of rotatable bonds is 1. The topological polar surface area (TPSA) is 69.1 Å². The molecular formula is C6H14Br3NO2. The van der Waals surface area contributed by atoms with Gasteiger partial charge in [0.05, 0.1) is 5.33 Å². The lowest BCUT2D eigenvalue weighted by Crippen LogP contribution is -1.85. The molecule has 0 aromatic heterocycles. The molecular weight excluding hydrogens is 358 g/mol. The molecule has 0 radical (unpaired) electrons. The SMILES string of the molecule is BrBr.CC(=O)CBr.CC(C)=O.N. The second-order valence-electron chi connectivity index (χ2n) is 1.74. The third kappa shape index (κ3) is 136. The molecule has 0 atom stereocenters. The first-order chi connectivity index (χ1) is 5.00. The molecule has 0 aliphatic carbocycles. The fraction of sp³-hybridized carbons (Fsp3) is 0.667. The minimum absolute atomic E-state index is 0. The summed E-state index contributed by atoms with van der Waals surface area (Å²) in [7, 11) is 0. The van der Waals surface area contributed by atoms with Gasteiger partial charge in [-0.15, -0.1) is 0 Å². The maximum atomic E-state index is 9.77. The lowest BCUT2D eigenvalue weighted by atomic mass is 10.5. The number of hydrogen-bond acceptors (Lipinski definition) is 3. The average molecular weight is 372 g/mol. The molecule has 0 aliphatic heterocycles. The van der Waals surface area contributed by atoms with Gasteiger partial charge in [0.25, 0.3) is 0 Å². The Morgan fingerprint density at radius 1 is 1.08 bits per heavy atom. The van der Waals surface area contributed by atoms with E-state index in [2.05, 4.69) is 44.2 Å². The largest absolute Gasteiger partial charge is 0.344 e. The number of carbonyl (C=O) groups excluding carboxylic acids is 2. The molecule has 0 aromatic carbocycles. The van der Waals surface area contributed by atoms with Crippen LogP contribution in [0, 0.1) is 0 Å². The Labute approximate surface area is 97.2 Å². The third-order valence-corrected chi connectivity index (χ3v) is 0.978. The summed E-state index contributed by atoms with van der Waals surface area (Å²) in [4.78, 5) is 19.2. The zero-order valence-electron chi connectivity index (χ0n) is 7.36. The summed E-state index contributed by atoms with van der Waals surface area (Å²) in [5, 5.41) is 0.479. The van der Waals surface area contributed by atoms with E-state index in [4.69, 9.17) is 0 Å². The van der Waals surface area contributed by atoms with Crippen LogP contribution in [0.3, 0.4) is 0 Å². The molecule has 0 spiro atoms. The van der Waals surface area contributed by atoms with Crippen LogP contribution >= 0.6 is 44.2 Å². The van der Waals surface area contributed by atoms with Gasteiger partial charge in [-0.25, -0.2) is 0 Å². The van der Waals surface area contributed by atoms with Crippen LogP contribution in [0.1, 0.15) is 20.8 Å². The van der Waals surface area contributed by atoms with E-state index in [0.29, 0.717) is 5.33 Å². The lowest BCUT2D eigenvalue weighted by Gasteiger charge is -1.69. The van der Waals surface area contributed by atoms with Crippen LogP contribution in [0.25, 0.3) is 0 Å². The minimum atomic E-state index is 0. The van der Waals surface area contributed by atoms with E-state index in [1.165, 1.54) is 20.8 Å². The van der Waals surface area contributed by atoms with E-state index in [9.17, 15) is 9.59 Å². The highest BCUT2D eigenvalue weighted by atomic mass is 80.9. The summed E-state index contributed by atoms with van der Waals surface area (Å²) < 4.78 is 0. The van der Waals surface area contributed by atoms with Crippen molar-refractivity contribution in [3.63, 3.8) is 0 Å². The first-order valence-electron chi connectivity index (χ1n) is 2.67. The quantitative estimate of drug-likeness (QED) is 0.718. The smallest absolute Gasteiger partial charge is 0.140 e. The Morgan fingerprint density at radius 2 is 1.17 bits per heavy atom.